The van der Waals surface area contributed by atoms with Gasteiger partial charge in [-0.1, -0.05) is 18.2 Å². The second-order valence-corrected chi connectivity index (χ2v) is 4.09. The molecule has 92 valence electrons. The molecule has 0 aliphatic rings. The fourth-order valence-electron chi connectivity index (χ4n) is 2.12. The van der Waals surface area contributed by atoms with Crippen molar-refractivity contribution in [2.24, 2.45) is 0 Å². The molecule has 1 aromatic carbocycles. The van der Waals surface area contributed by atoms with Gasteiger partial charge in [0.25, 0.3) is 0 Å². The van der Waals surface area contributed by atoms with Gasteiger partial charge >= 0.3 is 5.97 Å². The molecule has 2 rings (SSSR count). The highest BCUT2D eigenvalue weighted by Gasteiger charge is 2.16. The molecule has 0 aliphatic carbocycles. The van der Waals surface area contributed by atoms with Gasteiger partial charge in [-0.2, -0.15) is 0 Å². The summed E-state index contributed by atoms with van der Waals surface area (Å²) < 4.78 is 1.77. The van der Waals surface area contributed by atoms with Crippen molar-refractivity contribution in [1.82, 2.24) is 4.57 Å². The maximum atomic E-state index is 11.7. The van der Waals surface area contributed by atoms with E-state index in [1.54, 1.807) is 18.4 Å². The molecule has 18 heavy (non-hydrogen) atoms. The second-order valence-electron chi connectivity index (χ2n) is 4.09. The molecule has 0 saturated carbocycles. The molecular formula is C14H13NO3. The van der Waals surface area contributed by atoms with Crippen LogP contribution >= 0.6 is 0 Å². The van der Waals surface area contributed by atoms with Gasteiger partial charge in [0.15, 0.2) is 5.43 Å². The van der Waals surface area contributed by atoms with Crippen LogP contribution in [0, 0.1) is 13.8 Å². The molecule has 0 spiro atoms. The van der Waals surface area contributed by atoms with Gasteiger partial charge < -0.3 is 9.67 Å². The average molecular weight is 243 g/mol. The highest BCUT2D eigenvalue weighted by atomic mass is 16.4. The van der Waals surface area contributed by atoms with Crippen molar-refractivity contribution < 1.29 is 9.90 Å². The summed E-state index contributed by atoms with van der Waals surface area (Å²) in [5, 5.41) is 9.10. The predicted molar refractivity (Wildman–Crippen MR) is 68.5 cm³/mol. The number of aryl methyl sites for hydroxylation is 1. The molecule has 4 heteroatoms. The van der Waals surface area contributed by atoms with Gasteiger partial charge in [-0.05, 0) is 26.0 Å². The smallest absolute Gasteiger partial charge is 0.341 e. The summed E-state index contributed by atoms with van der Waals surface area (Å²) in [7, 11) is 0. The van der Waals surface area contributed by atoms with Crippen molar-refractivity contribution in [3.63, 3.8) is 0 Å². The first kappa shape index (κ1) is 12.1. The molecular weight excluding hydrogens is 230 g/mol. The Morgan fingerprint density at radius 1 is 1.17 bits per heavy atom. The lowest BCUT2D eigenvalue weighted by atomic mass is 10.1. The number of carboxylic acid groups (broad SMARTS) is 1. The minimum Gasteiger partial charge on any atom is -0.477 e. The van der Waals surface area contributed by atoms with Crippen molar-refractivity contribution in [3.8, 4) is 5.69 Å². The Labute approximate surface area is 104 Å². The van der Waals surface area contributed by atoms with Crippen molar-refractivity contribution in [2.75, 3.05) is 0 Å². The third kappa shape index (κ3) is 1.93. The number of nitrogens with zero attached hydrogens (tertiary/aromatic N) is 1. The number of carboxylic acids is 1. The van der Waals surface area contributed by atoms with Gasteiger partial charge in [-0.15, -0.1) is 0 Å². The maximum Gasteiger partial charge on any atom is 0.341 e. The molecule has 0 amide bonds. The summed E-state index contributed by atoms with van der Waals surface area (Å²) >= 11 is 0. The number of para-hydroxylation sites is 1. The van der Waals surface area contributed by atoms with Crippen molar-refractivity contribution in [3.05, 3.63) is 63.6 Å². The van der Waals surface area contributed by atoms with E-state index in [1.807, 2.05) is 30.3 Å². The zero-order valence-corrected chi connectivity index (χ0v) is 10.2. The van der Waals surface area contributed by atoms with E-state index in [2.05, 4.69) is 0 Å². The first-order chi connectivity index (χ1) is 8.52. The van der Waals surface area contributed by atoms with Gasteiger partial charge in [-0.3, -0.25) is 4.79 Å². The van der Waals surface area contributed by atoms with E-state index < -0.39 is 11.4 Å². The Morgan fingerprint density at radius 3 is 2.33 bits per heavy atom. The fourth-order valence-corrected chi connectivity index (χ4v) is 2.12. The molecule has 1 aromatic heterocycles. The van der Waals surface area contributed by atoms with E-state index in [-0.39, 0.29) is 5.56 Å². The number of rotatable bonds is 2. The number of benzene rings is 1. The molecule has 1 heterocycles. The summed E-state index contributed by atoms with van der Waals surface area (Å²) in [6.45, 7) is 3.43. The van der Waals surface area contributed by atoms with E-state index in [1.165, 1.54) is 6.07 Å². The van der Waals surface area contributed by atoms with Crippen LogP contribution in [-0.4, -0.2) is 15.6 Å². The van der Waals surface area contributed by atoms with Gasteiger partial charge in [-0.25, -0.2) is 4.79 Å². The predicted octanol–water partition coefficient (Wildman–Crippen LogP) is 2.15. The van der Waals surface area contributed by atoms with Crippen LogP contribution in [0.3, 0.4) is 0 Å². The first-order valence-electron chi connectivity index (χ1n) is 5.54. The minimum absolute atomic E-state index is 0.176. The normalized spacial score (nSPS) is 10.3. The monoisotopic (exact) mass is 243 g/mol. The van der Waals surface area contributed by atoms with Crippen LogP contribution in [-0.2, 0) is 0 Å². The Kier molecular flexibility index (Phi) is 3.02. The van der Waals surface area contributed by atoms with E-state index >= 15 is 0 Å². The lowest BCUT2D eigenvalue weighted by Gasteiger charge is -2.16. The average Bonchev–Trinajstić information content (AvgIpc) is 2.28. The molecule has 4 nitrogen and oxygen atoms in total. The Morgan fingerprint density at radius 2 is 1.78 bits per heavy atom. The summed E-state index contributed by atoms with van der Waals surface area (Å²) in [6, 6.07) is 10.7. The first-order valence-corrected chi connectivity index (χ1v) is 5.54. The standard InChI is InChI=1S/C14H13NO3/c1-9-8-12(16)13(14(17)18)10(2)15(9)11-6-4-3-5-7-11/h3-8H,1-2H3,(H,17,18). The van der Waals surface area contributed by atoms with E-state index in [9.17, 15) is 9.59 Å². The number of carbonyl (C=O) groups is 1. The molecule has 1 N–H and O–H groups in total. The zero-order chi connectivity index (χ0) is 13.3. The molecule has 2 aromatic rings. The second kappa shape index (κ2) is 4.49. The topological polar surface area (TPSA) is 59.3 Å². The molecule has 0 radical (unpaired) electrons. The van der Waals surface area contributed by atoms with Crippen LogP contribution < -0.4 is 5.43 Å². The van der Waals surface area contributed by atoms with E-state index in [0.717, 1.165) is 5.69 Å². The van der Waals surface area contributed by atoms with Gasteiger partial charge in [0, 0.05) is 23.1 Å². The molecule has 0 bridgehead atoms. The number of hydrogen-bond donors (Lipinski definition) is 1. The number of hydrogen-bond acceptors (Lipinski definition) is 2. The Bertz CT molecular complexity index is 657. The van der Waals surface area contributed by atoms with Crippen molar-refractivity contribution >= 4 is 5.97 Å². The largest absolute Gasteiger partial charge is 0.477 e. The van der Waals surface area contributed by atoms with Gasteiger partial charge in [0.1, 0.15) is 5.56 Å². The molecule has 0 saturated heterocycles. The molecule has 0 aliphatic heterocycles. The zero-order valence-electron chi connectivity index (χ0n) is 10.2. The summed E-state index contributed by atoms with van der Waals surface area (Å²) in [6.07, 6.45) is 0. The van der Waals surface area contributed by atoms with Gasteiger partial charge in [0.2, 0.25) is 0 Å². The number of pyridine rings is 1. The summed E-state index contributed by atoms with van der Waals surface area (Å²) in [5.74, 6) is -1.19. The highest BCUT2D eigenvalue weighted by molar-refractivity contribution is 5.88. The van der Waals surface area contributed by atoms with Crippen LogP contribution in [0.4, 0.5) is 0 Å². The molecule has 0 fully saturated rings. The molecule has 0 atom stereocenters. The Balaban J connectivity index is 2.81. The minimum atomic E-state index is -1.19. The highest BCUT2D eigenvalue weighted by Crippen LogP contribution is 2.15. The SMILES string of the molecule is Cc1cc(=O)c(C(=O)O)c(C)n1-c1ccccc1. The lowest BCUT2D eigenvalue weighted by molar-refractivity contribution is 0.0694. The van der Waals surface area contributed by atoms with Crippen LogP contribution in [0.1, 0.15) is 21.7 Å². The van der Waals surface area contributed by atoms with Crippen LogP contribution in [0.15, 0.2) is 41.2 Å². The van der Waals surface area contributed by atoms with Crippen molar-refractivity contribution in [2.45, 2.75) is 13.8 Å². The fraction of sp³-hybridized carbons (Fsp3) is 0.143. The molecule has 0 unspecified atom stereocenters. The van der Waals surface area contributed by atoms with Crippen LogP contribution in [0.25, 0.3) is 5.69 Å². The van der Waals surface area contributed by atoms with Crippen molar-refractivity contribution in [1.29, 1.82) is 0 Å². The summed E-state index contributed by atoms with van der Waals surface area (Å²) in [5.41, 5.74) is 1.37. The van der Waals surface area contributed by atoms with Gasteiger partial charge in [0.05, 0.1) is 0 Å². The lowest BCUT2D eigenvalue weighted by Crippen LogP contribution is -2.22. The quantitative estimate of drug-likeness (QED) is 0.879. The van der Waals surface area contributed by atoms with Crippen LogP contribution in [0.5, 0.6) is 0 Å². The third-order valence-electron chi connectivity index (χ3n) is 2.86. The van der Waals surface area contributed by atoms with E-state index in [0.29, 0.717) is 11.4 Å². The Hall–Kier alpha value is -2.36. The van der Waals surface area contributed by atoms with Crippen LogP contribution in [0.2, 0.25) is 0 Å². The number of aromatic nitrogens is 1. The third-order valence-corrected chi connectivity index (χ3v) is 2.86. The summed E-state index contributed by atoms with van der Waals surface area (Å²) in [4.78, 5) is 22.8. The van der Waals surface area contributed by atoms with E-state index in [4.69, 9.17) is 5.11 Å². The number of aromatic carboxylic acids is 1. The maximum absolute atomic E-state index is 11.7.